The molecule has 0 unspecified atom stereocenters. The van der Waals surface area contributed by atoms with Crippen LogP contribution in [0.1, 0.15) is 31.9 Å². The van der Waals surface area contributed by atoms with Crippen LogP contribution in [0.5, 0.6) is 5.75 Å². The predicted octanol–water partition coefficient (Wildman–Crippen LogP) is 3.56. The monoisotopic (exact) mass is 487 g/mol. The topological polar surface area (TPSA) is 109 Å². The number of nitrogens with one attached hydrogen (secondary N) is 1. The summed E-state index contributed by atoms with van der Waals surface area (Å²) in [6.45, 7) is 9.28. The van der Waals surface area contributed by atoms with Crippen molar-refractivity contribution in [3.63, 3.8) is 0 Å². The van der Waals surface area contributed by atoms with Crippen LogP contribution in [-0.4, -0.2) is 47.2 Å². The van der Waals surface area contributed by atoms with Gasteiger partial charge in [-0.15, -0.1) is 0 Å². The van der Waals surface area contributed by atoms with E-state index in [0.29, 0.717) is 42.6 Å². The average molecular weight is 488 g/mol. The zero-order valence-electron chi connectivity index (χ0n) is 20.8. The van der Waals surface area contributed by atoms with E-state index < -0.39 is 5.91 Å². The highest BCUT2D eigenvalue weighted by Crippen LogP contribution is 2.24. The summed E-state index contributed by atoms with van der Waals surface area (Å²) < 4.78 is 12.7. The van der Waals surface area contributed by atoms with Gasteiger partial charge in [-0.05, 0) is 69.7 Å². The lowest BCUT2D eigenvalue weighted by atomic mass is 10.1. The van der Waals surface area contributed by atoms with Gasteiger partial charge in [-0.2, -0.15) is 5.26 Å². The van der Waals surface area contributed by atoms with Gasteiger partial charge in [0, 0.05) is 25.0 Å². The van der Waals surface area contributed by atoms with E-state index in [-0.39, 0.29) is 28.9 Å². The van der Waals surface area contributed by atoms with Crippen molar-refractivity contribution in [2.45, 2.75) is 39.9 Å². The molecule has 1 N–H and O–H groups in total. The minimum atomic E-state index is -0.620. The molecule has 0 saturated carbocycles. The van der Waals surface area contributed by atoms with E-state index >= 15 is 0 Å². The van der Waals surface area contributed by atoms with E-state index in [2.05, 4.69) is 5.32 Å². The average Bonchev–Trinajstić information content (AvgIpc) is 2.84. The van der Waals surface area contributed by atoms with Crippen molar-refractivity contribution in [1.82, 2.24) is 9.38 Å². The van der Waals surface area contributed by atoms with Crippen molar-refractivity contribution in [3.8, 4) is 11.8 Å². The maximum absolute atomic E-state index is 13.6. The molecule has 1 amide bonds. The molecule has 0 aliphatic carbocycles. The second-order valence-electron chi connectivity index (χ2n) is 8.78. The van der Waals surface area contributed by atoms with Gasteiger partial charge in [0.05, 0.1) is 24.4 Å². The minimum absolute atomic E-state index is 0.0684. The number of hydrogen-bond acceptors (Lipinski definition) is 7. The van der Waals surface area contributed by atoms with Crippen molar-refractivity contribution < 1.29 is 14.3 Å². The standard InChI is InChI=1S/C27H29N5O4/c1-5-35-22-10-8-21(9-11-22)29-26(33)20(14-28)13-23-25(31-15-18(3)36-19(4)16-31)30-24-17(2)7-6-12-32(24)27(23)34/h6-13,18-19H,5,15-16H2,1-4H3,(H,29,33)/b20-13+/t18-,19-/m1/s1. The number of amides is 1. The molecule has 9 nitrogen and oxygen atoms in total. The lowest BCUT2D eigenvalue weighted by Crippen LogP contribution is -2.46. The number of anilines is 2. The molecule has 4 rings (SSSR count). The molecule has 0 bridgehead atoms. The predicted molar refractivity (Wildman–Crippen MR) is 138 cm³/mol. The molecular formula is C27H29N5O4. The minimum Gasteiger partial charge on any atom is -0.494 e. The number of fused-ring (bicyclic) bond motifs is 1. The highest BCUT2D eigenvalue weighted by Gasteiger charge is 2.27. The number of carbonyl (C=O) groups excluding carboxylic acids is 1. The molecule has 2 atom stereocenters. The summed E-state index contributed by atoms with van der Waals surface area (Å²) >= 11 is 0. The zero-order chi connectivity index (χ0) is 25.8. The molecule has 1 saturated heterocycles. The highest BCUT2D eigenvalue weighted by atomic mass is 16.5. The van der Waals surface area contributed by atoms with Gasteiger partial charge < -0.3 is 19.7 Å². The molecule has 0 spiro atoms. The number of nitrogens with zero attached hydrogens (tertiary/aromatic N) is 4. The Morgan fingerprint density at radius 2 is 1.94 bits per heavy atom. The fourth-order valence-electron chi connectivity index (χ4n) is 4.31. The number of nitriles is 1. The summed E-state index contributed by atoms with van der Waals surface area (Å²) in [5.74, 6) is 0.485. The van der Waals surface area contributed by atoms with Crippen LogP contribution in [0.2, 0.25) is 0 Å². The van der Waals surface area contributed by atoms with Gasteiger partial charge in [0.15, 0.2) is 0 Å². The molecule has 3 aromatic rings. The first-order valence-electron chi connectivity index (χ1n) is 11.9. The molecule has 0 radical (unpaired) electrons. The molecule has 2 aromatic heterocycles. The molecule has 36 heavy (non-hydrogen) atoms. The molecular weight excluding hydrogens is 458 g/mol. The summed E-state index contributed by atoms with van der Waals surface area (Å²) in [6, 6.07) is 12.4. The Morgan fingerprint density at radius 3 is 2.58 bits per heavy atom. The second kappa shape index (κ2) is 10.6. The summed E-state index contributed by atoms with van der Waals surface area (Å²) in [4.78, 5) is 33.4. The third-order valence-electron chi connectivity index (χ3n) is 5.86. The molecule has 3 heterocycles. The third kappa shape index (κ3) is 5.24. The maximum atomic E-state index is 13.6. The van der Waals surface area contributed by atoms with Crippen LogP contribution in [0.25, 0.3) is 11.7 Å². The summed E-state index contributed by atoms with van der Waals surface area (Å²) in [5.41, 5.74) is 1.49. The highest BCUT2D eigenvalue weighted by molar-refractivity contribution is 6.10. The van der Waals surface area contributed by atoms with E-state index in [4.69, 9.17) is 14.5 Å². The number of rotatable bonds is 6. The Balaban J connectivity index is 1.77. The molecule has 1 fully saturated rings. The zero-order valence-corrected chi connectivity index (χ0v) is 20.8. The number of aromatic nitrogens is 2. The summed E-state index contributed by atoms with van der Waals surface area (Å²) in [7, 11) is 0. The first kappa shape index (κ1) is 24.9. The summed E-state index contributed by atoms with van der Waals surface area (Å²) in [6.07, 6.45) is 2.82. The van der Waals surface area contributed by atoms with E-state index in [0.717, 1.165) is 5.56 Å². The number of pyridine rings is 1. The Kier molecular flexibility index (Phi) is 7.36. The molecule has 1 aliphatic heterocycles. The smallest absolute Gasteiger partial charge is 0.267 e. The summed E-state index contributed by atoms with van der Waals surface area (Å²) in [5, 5.41) is 12.5. The molecule has 9 heteroatoms. The molecule has 1 aromatic carbocycles. The fraction of sp³-hybridized carbons (Fsp3) is 0.333. The number of carbonyl (C=O) groups is 1. The van der Waals surface area contributed by atoms with Gasteiger partial charge in [0.25, 0.3) is 11.5 Å². The SMILES string of the molecule is CCOc1ccc(NC(=O)/C(C#N)=C/c2c(N3C[C@@H](C)O[C@H](C)C3)nc3c(C)cccn3c2=O)cc1. The van der Waals surface area contributed by atoms with Crippen molar-refractivity contribution in [2.75, 3.05) is 29.9 Å². The normalized spacial score (nSPS) is 18.1. The van der Waals surface area contributed by atoms with Gasteiger partial charge in [-0.3, -0.25) is 14.0 Å². The van der Waals surface area contributed by atoms with Gasteiger partial charge in [-0.25, -0.2) is 4.98 Å². The van der Waals surface area contributed by atoms with Crippen LogP contribution >= 0.6 is 0 Å². The lowest BCUT2D eigenvalue weighted by Gasteiger charge is -2.36. The number of morpholine rings is 1. The van der Waals surface area contributed by atoms with Crippen LogP contribution in [0.4, 0.5) is 11.5 Å². The molecule has 1 aliphatic rings. The first-order valence-corrected chi connectivity index (χ1v) is 11.9. The van der Waals surface area contributed by atoms with Crippen molar-refractivity contribution in [3.05, 3.63) is 69.6 Å². The van der Waals surface area contributed by atoms with Crippen LogP contribution in [-0.2, 0) is 9.53 Å². The fourth-order valence-corrected chi connectivity index (χ4v) is 4.31. The largest absolute Gasteiger partial charge is 0.494 e. The van der Waals surface area contributed by atoms with Crippen LogP contribution in [0.15, 0.2) is 53.0 Å². The Bertz CT molecular complexity index is 1390. The van der Waals surface area contributed by atoms with E-state index in [1.165, 1.54) is 10.5 Å². The van der Waals surface area contributed by atoms with Gasteiger partial charge in [0.1, 0.15) is 28.9 Å². The Labute approximate surface area is 209 Å². The van der Waals surface area contributed by atoms with E-state index in [9.17, 15) is 14.9 Å². The van der Waals surface area contributed by atoms with Crippen molar-refractivity contribution >= 4 is 29.1 Å². The van der Waals surface area contributed by atoms with Gasteiger partial charge in [0.2, 0.25) is 0 Å². The van der Waals surface area contributed by atoms with E-state index in [1.807, 2.05) is 44.7 Å². The van der Waals surface area contributed by atoms with E-state index in [1.54, 1.807) is 36.5 Å². The lowest BCUT2D eigenvalue weighted by molar-refractivity contribution is -0.112. The van der Waals surface area contributed by atoms with Crippen LogP contribution in [0, 0.1) is 18.3 Å². The van der Waals surface area contributed by atoms with Crippen molar-refractivity contribution in [1.29, 1.82) is 5.26 Å². The van der Waals surface area contributed by atoms with Crippen molar-refractivity contribution in [2.24, 2.45) is 0 Å². The third-order valence-corrected chi connectivity index (χ3v) is 5.86. The molecule has 186 valence electrons. The maximum Gasteiger partial charge on any atom is 0.267 e. The number of benzene rings is 1. The number of aryl methyl sites for hydroxylation is 1. The first-order chi connectivity index (χ1) is 17.3. The second-order valence-corrected chi connectivity index (χ2v) is 8.78. The quantitative estimate of drug-likeness (QED) is 0.418. The number of hydrogen-bond donors (Lipinski definition) is 1. The number of ether oxygens (including phenoxy) is 2. The van der Waals surface area contributed by atoms with Crippen LogP contribution in [0.3, 0.4) is 0 Å². The Morgan fingerprint density at radius 1 is 1.25 bits per heavy atom. The van der Waals surface area contributed by atoms with Gasteiger partial charge in [-0.1, -0.05) is 6.07 Å². The van der Waals surface area contributed by atoms with Crippen LogP contribution < -0.4 is 20.5 Å². The van der Waals surface area contributed by atoms with Gasteiger partial charge >= 0.3 is 0 Å². The Hall–Kier alpha value is -4.16.